The number of carbonyl (C=O) groups is 3. The molecule has 6 rings (SSSR count). The molecule has 12 heteroatoms. The normalized spacial score (nSPS) is 23.5. The van der Waals surface area contributed by atoms with Crippen molar-refractivity contribution in [2.24, 2.45) is 5.92 Å². The number of hydrogen-bond acceptors (Lipinski definition) is 7. The minimum Gasteiger partial charge on any atom is -0.503 e. The van der Waals surface area contributed by atoms with E-state index in [1.54, 1.807) is 4.57 Å². The fraction of sp³-hybridized carbons (Fsp3) is 0.548. The van der Waals surface area contributed by atoms with E-state index in [2.05, 4.69) is 9.80 Å². The van der Waals surface area contributed by atoms with Crippen LogP contribution in [0.15, 0.2) is 29.2 Å². The van der Waals surface area contributed by atoms with Gasteiger partial charge in [0.25, 0.3) is 12.4 Å². The number of pyridine rings is 1. The summed E-state index contributed by atoms with van der Waals surface area (Å²) in [7, 11) is 0. The molecular formula is C31H38F2N4O6. The second kappa shape index (κ2) is 13.3. The molecule has 1 aliphatic carbocycles. The molecule has 10 nitrogen and oxygen atoms in total. The first-order valence-electron chi connectivity index (χ1n) is 15.0. The van der Waals surface area contributed by atoms with Gasteiger partial charge in [-0.1, -0.05) is 18.9 Å². The summed E-state index contributed by atoms with van der Waals surface area (Å²) in [6, 6.07) is 3.23. The minimum atomic E-state index is -0.884. The largest absolute Gasteiger partial charge is 0.503 e. The second-order valence-corrected chi connectivity index (χ2v) is 11.8. The third-order valence-corrected chi connectivity index (χ3v) is 9.33. The molecule has 1 aromatic heterocycles. The van der Waals surface area contributed by atoms with Gasteiger partial charge in [-0.25, -0.2) is 8.78 Å². The molecule has 4 aliphatic rings. The average Bonchev–Trinajstić information content (AvgIpc) is 3.51. The number of fused-ring (bicyclic) bond motifs is 4. The Bertz CT molecular complexity index is 1430. The van der Waals surface area contributed by atoms with Crippen molar-refractivity contribution in [2.45, 2.75) is 70.1 Å². The molecule has 1 saturated carbocycles. The molecule has 2 saturated heterocycles. The van der Waals surface area contributed by atoms with Gasteiger partial charge < -0.3 is 24.6 Å². The Kier molecular flexibility index (Phi) is 9.55. The molecule has 0 bridgehead atoms. The van der Waals surface area contributed by atoms with Gasteiger partial charge >= 0.3 is 0 Å². The van der Waals surface area contributed by atoms with Crippen molar-refractivity contribution in [1.82, 2.24) is 19.3 Å². The monoisotopic (exact) mass is 600 g/mol. The fourth-order valence-electron chi connectivity index (χ4n) is 7.22. The lowest BCUT2D eigenvalue weighted by atomic mass is 9.80. The fourth-order valence-corrected chi connectivity index (χ4v) is 7.22. The lowest BCUT2D eigenvalue weighted by molar-refractivity contribution is -0.122. The third kappa shape index (κ3) is 6.35. The van der Waals surface area contributed by atoms with Gasteiger partial charge in [-0.3, -0.25) is 24.1 Å². The first-order chi connectivity index (χ1) is 20.7. The number of aromatic hydroxyl groups is 1. The molecule has 4 heterocycles. The van der Waals surface area contributed by atoms with Gasteiger partial charge in [0.2, 0.25) is 5.43 Å². The molecule has 0 spiro atoms. The van der Waals surface area contributed by atoms with Gasteiger partial charge in [0.1, 0.15) is 17.8 Å². The maximum absolute atomic E-state index is 14.1. The lowest BCUT2D eigenvalue weighted by Crippen LogP contribution is -2.68. The second-order valence-electron chi connectivity index (χ2n) is 11.8. The minimum absolute atomic E-state index is 0.0183. The number of aryl methyl sites for hydroxylation is 1. The first-order valence-corrected chi connectivity index (χ1v) is 15.0. The van der Waals surface area contributed by atoms with E-state index in [0.29, 0.717) is 12.5 Å². The molecule has 232 valence electrons. The third-order valence-electron chi connectivity index (χ3n) is 9.33. The van der Waals surface area contributed by atoms with Gasteiger partial charge in [-0.15, -0.1) is 0 Å². The highest BCUT2D eigenvalue weighted by molar-refractivity contribution is 6.00. The van der Waals surface area contributed by atoms with E-state index in [4.69, 9.17) is 9.90 Å². The van der Waals surface area contributed by atoms with E-state index in [-0.39, 0.29) is 54.2 Å². The van der Waals surface area contributed by atoms with Crippen LogP contribution in [0.4, 0.5) is 8.78 Å². The number of nitrogens with zero attached hydrogens (tertiary/aromatic N) is 4. The summed E-state index contributed by atoms with van der Waals surface area (Å²) in [5, 5.41) is 17.8. The van der Waals surface area contributed by atoms with E-state index in [0.717, 1.165) is 70.5 Å². The van der Waals surface area contributed by atoms with Crippen LogP contribution in [0.1, 0.15) is 71.4 Å². The molecular weight excluding hydrogens is 562 g/mol. The van der Waals surface area contributed by atoms with Crippen molar-refractivity contribution in [3.8, 4) is 5.75 Å². The van der Waals surface area contributed by atoms with Crippen LogP contribution in [0.2, 0.25) is 0 Å². The van der Waals surface area contributed by atoms with E-state index < -0.39 is 28.6 Å². The van der Waals surface area contributed by atoms with Gasteiger partial charge in [0.05, 0.1) is 12.1 Å². The molecule has 0 unspecified atom stereocenters. The molecule has 3 aliphatic heterocycles. The Morgan fingerprint density at radius 2 is 1.74 bits per heavy atom. The maximum Gasteiger partial charge on any atom is 0.290 e. The number of amides is 1. The number of carboxylic acid groups (broad SMARTS) is 1. The Labute approximate surface area is 248 Å². The van der Waals surface area contributed by atoms with Gasteiger partial charge in [0, 0.05) is 44.4 Å². The zero-order valence-electron chi connectivity index (χ0n) is 24.1. The highest BCUT2D eigenvalue weighted by Crippen LogP contribution is 2.39. The van der Waals surface area contributed by atoms with E-state index in [9.17, 15) is 28.3 Å². The van der Waals surface area contributed by atoms with Crippen LogP contribution in [0.3, 0.4) is 0 Å². The molecule has 2 N–H and O–H groups in total. The van der Waals surface area contributed by atoms with Crippen LogP contribution in [-0.2, 0) is 17.8 Å². The zero-order chi connectivity index (χ0) is 30.7. The lowest BCUT2D eigenvalue weighted by Gasteiger charge is -2.55. The van der Waals surface area contributed by atoms with Gasteiger partial charge in [-0.2, -0.15) is 0 Å². The summed E-state index contributed by atoms with van der Waals surface area (Å²) in [6.45, 7) is 4.96. The van der Waals surface area contributed by atoms with Crippen LogP contribution in [0, 0.1) is 17.6 Å². The maximum atomic E-state index is 14.1. The Morgan fingerprint density at radius 1 is 1.02 bits per heavy atom. The smallest absolute Gasteiger partial charge is 0.290 e. The number of Topliss-reactive ketones (excluding diaryl/α,β-unsaturated/α-hetero) is 1. The Morgan fingerprint density at radius 3 is 2.47 bits per heavy atom. The van der Waals surface area contributed by atoms with Crippen molar-refractivity contribution < 1.29 is 33.4 Å². The summed E-state index contributed by atoms with van der Waals surface area (Å²) >= 11 is 0. The summed E-state index contributed by atoms with van der Waals surface area (Å²) < 4.78 is 28.9. The molecule has 3 fully saturated rings. The summed E-state index contributed by atoms with van der Waals surface area (Å²) in [6.07, 6.45) is 7.54. The number of rotatable bonds is 7. The number of benzene rings is 1. The van der Waals surface area contributed by atoms with Crippen molar-refractivity contribution in [3.63, 3.8) is 0 Å². The topological polar surface area (TPSA) is 123 Å². The van der Waals surface area contributed by atoms with Gasteiger partial charge in [0.15, 0.2) is 17.2 Å². The average molecular weight is 601 g/mol. The van der Waals surface area contributed by atoms with Crippen molar-refractivity contribution >= 4 is 18.2 Å². The quantitative estimate of drug-likeness (QED) is 0.367. The van der Waals surface area contributed by atoms with Crippen LogP contribution >= 0.6 is 0 Å². The SMILES string of the molecule is O=C(CCc1ccc(F)cc1F)c1cn2c(c(O)c1=O)C(=O)N1[C@H]3CCCC[C@H]3CN(CCN3CCCC3)[C@@H]1C2.O=CO. The molecule has 0 radical (unpaired) electrons. The standard InChI is InChI=1S/C30H36F2N4O4.CH2O2/c31-21-9-7-19(23(32)15-21)8-10-25(37)22-17-35-18-26-34(14-13-33-11-3-4-12-33)16-20-5-1-2-6-24(20)36(26)30(40)27(35)29(39)28(22)38;2-1-3/h7,9,15,17,20,24,26,39H,1-6,8,10-14,16,18H2;1H,(H,2,3)/t20-,24-,26-;/m0./s1. The van der Waals surface area contributed by atoms with Crippen molar-refractivity contribution in [1.29, 1.82) is 0 Å². The van der Waals surface area contributed by atoms with E-state index in [1.807, 2.05) is 4.90 Å². The number of halogens is 2. The number of aromatic nitrogens is 1. The van der Waals surface area contributed by atoms with E-state index in [1.165, 1.54) is 25.1 Å². The summed E-state index contributed by atoms with van der Waals surface area (Å²) in [5.41, 5.74) is -1.00. The van der Waals surface area contributed by atoms with Crippen LogP contribution in [0.25, 0.3) is 0 Å². The zero-order valence-corrected chi connectivity index (χ0v) is 24.1. The summed E-state index contributed by atoms with van der Waals surface area (Å²) in [4.78, 5) is 55.3. The van der Waals surface area contributed by atoms with Crippen LogP contribution in [0.5, 0.6) is 5.75 Å². The molecule has 1 amide bonds. The molecule has 2 aromatic rings. The molecule has 43 heavy (non-hydrogen) atoms. The van der Waals surface area contributed by atoms with Crippen LogP contribution in [-0.4, -0.2) is 92.6 Å². The Balaban J connectivity index is 0.00000118. The van der Waals surface area contributed by atoms with E-state index >= 15 is 0 Å². The predicted molar refractivity (Wildman–Crippen MR) is 153 cm³/mol. The summed E-state index contributed by atoms with van der Waals surface area (Å²) in [5.74, 6) is -2.72. The number of ketones is 1. The van der Waals surface area contributed by atoms with Crippen molar-refractivity contribution in [2.75, 3.05) is 32.7 Å². The number of carbonyl (C=O) groups excluding carboxylic acids is 2. The molecule has 3 atom stereocenters. The van der Waals surface area contributed by atoms with Crippen LogP contribution < -0.4 is 5.43 Å². The molecule has 1 aromatic carbocycles. The van der Waals surface area contributed by atoms with Gasteiger partial charge in [-0.05, 0) is 62.7 Å². The number of hydrogen-bond donors (Lipinski definition) is 2. The van der Waals surface area contributed by atoms with Crippen molar-refractivity contribution in [3.05, 3.63) is 63.1 Å². The highest BCUT2D eigenvalue weighted by atomic mass is 19.1. The first kappa shape index (κ1) is 30.8. The highest BCUT2D eigenvalue weighted by Gasteiger charge is 2.48. The number of likely N-dealkylation sites (tertiary alicyclic amines) is 1. The predicted octanol–water partition coefficient (Wildman–Crippen LogP) is 3.10. The Hall–Kier alpha value is -3.64.